The number of rotatable bonds is 1. The Morgan fingerprint density at radius 2 is 1.82 bits per heavy atom. The minimum atomic E-state index is -0.631. The molecule has 0 amide bonds. The van der Waals surface area contributed by atoms with Crippen molar-refractivity contribution in [2.75, 3.05) is 5.73 Å². The summed E-state index contributed by atoms with van der Waals surface area (Å²) >= 11 is 11.6. The van der Waals surface area contributed by atoms with Crippen LogP contribution in [0, 0.1) is 0 Å². The van der Waals surface area contributed by atoms with Gasteiger partial charge in [0.25, 0.3) is 5.56 Å². The number of nitrogens with zero attached hydrogens (tertiary/aromatic N) is 1. The summed E-state index contributed by atoms with van der Waals surface area (Å²) in [6.45, 7) is 0. The summed E-state index contributed by atoms with van der Waals surface area (Å²) in [5.74, 6) is 0.0251. The summed E-state index contributed by atoms with van der Waals surface area (Å²) < 4.78 is 1.13. The number of hydrogen-bond donors (Lipinski definition) is 2. The number of benzene rings is 1. The molecule has 0 fully saturated rings. The molecule has 0 aliphatic carbocycles. The predicted octanol–water partition coefficient (Wildman–Crippen LogP) is 1.41. The Morgan fingerprint density at radius 3 is 2.41 bits per heavy atom. The predicted molar refractivity (Wildman–Crippen MR) is 67.1 cm³/mol. The molecule has 0 bridgehead atoms. The first-order valence-electron chi connectivity index (χ1n) is 4.56. The lowest BCUT2D eigenvalue weighted by atomic mass is 10.3. The van der Waals surface area contributed by atoms with Crippen LogP contribution < -0.4 is 17.0 Å². The Bertz CT molecular complexity index is 691. The molecular formula is C10H7Cl2N3O2. The van der Waals surface area contributed by atoms with E-state index in [1.165, 1.54) is 12.1 Å². The molecule has 5 nitrogen and oxygen atoms in total. The Kier molecular flexibility index (Phi) is 2.95. The van der Waals surface area contributed by atoms with Gasteiger partial charge in [-0.15, -0.1) is 0 Å². The van der Waals surface area contributed by atoms with Gasteiger partial charge in [0, 0.05) is 6.07 Å². The van der Waals surface area contributed by atoms with Gasteiger partial charge >= 0.3 is 5.69 Å². The minimum Gasteiger partial charge on any atom is -0.385 e. The molecule has 1 heterocycles. The van der Waals surface area contributed by atoms with E-state index in [0.717, 1.165) is 10.6 Å². The van der Waals surface area contributed by atoms with Crippen molar-refractivity contribution in [1.29, 1.82) is 0 Å². The van der Waals surface area contributed by atoms with Crippen molar-refractivity contribution in [3.05, 3.63) is 55.1 Å². The molecule has 0 radical (unpaired) electrons. The van der Waals surface area contributed by atoms with E-state index < -0.39 is 11.2 Å². The summed E-state index contributed by atoms with van der Waals surface area (Å²) in [7, 11) is 0. The van der Waals surface area contributed by atoms with Gasteiger partial charge < -0.3 is 5.73 Å². The number of halogens is 2. The Hall–Kier alpha value is -1.72. The third-order valence-corrected chi connectivity index (χ3v) is 2.87. The fourth-order valence-electron chi connectivity index (χ4n) is 1.40. The molecule has 0 atom stereocenters. The first-order chi connectivity index (χ1) is 7.99. The van der Waals surface area contributed by atoms with Crippen LogP contribution in [0.25, 0.3) is 5.69 Å². The Labute approximate surface area is 105 Å². The number of nitrogens with two attached hydrogens (primary N) is 1. The molecule has 1 aromatic heterocycles. The highest BCUT2D eigenvalue weighted by Gasteiger charge is 2.07. The van der Waals surface area contributed by atoms with Gasteiger partial charge in [0.15, 0.2) is 0 Å². The lowest BCUT2D eigenvalue weighted by molar-refractivity contribution is 0.909. The summed E-state index contributed by atoms with van der Waals surface area (Å²) in [5.41, 5.74) is 4.85. The number of anilines is 1. The first kappa shape index (κ1) is 11.8. The van der Waals surface area contributed by atoms with Gasteiger partial charge in [-0.05, 0) is 18.2 Å². The van der Waals surface area contributed by atoms with Gasteiger partial charge in [-0.2, -0.15) is 0 Å². The molecule has 17 heavy (non-hydrogen) atoms. The minimum absolute atomic E-state index is 0.0251. The van der Waals surface area contributed by atoms with E-state index in [4.69, 9.17) is 28.9 Å². The lowest BCUT2D eigenvalue weighted by Gasteiger charge is -2.08. The van der Waals surface area contributed by atoms with Gasteiger partial charge in [-0.25, -0.2) is 9.36 Å². The number of nitrogen functional groups attached to an aromatic ring is 1. The number of aromatic amines is 1. The van der Waals surface area contributed by atoms with Crippen LogP contribution in [-0.4, -0.2) is 9.55 Å². The van der Waals surface area contributed by atoms with E-state index in [0.29, 0.717) is 15.7 Å². The molecule has 0 aliphatic rings. The summed E-state index contributed by atoms with van der Waals surface area (Å²) in [5, 5.41) is 0.660. The monoisotopic (exact) mass is 271 g/mol. The van der Waals surface area contributed by atoms with Crippen molar-refractivity contribution >= 4 is 29.0 Å². The number of hydrogen-bond acceptors (Lipinski definition) is 3. The van der Waals surface area contributed by atoms with Gasteiger partial charge in [-0.3, -0.25) is 9.78 Å². The standard InChI is InChI=1S/C10H7Cl2N3O2/c11-6-2-1-5(3-7(6)12)15-8(13)4-9(16)14-10(15)17/h1-4H,13H2,(H,14,16,17). The topological polar surface area (TPSA) is 80.9 Å². The molecule has 0 unspecified atom stereocenters. The van der Waals surface area contributed by atoms with Crippen molar-refractivity contribution in [2.45, 2.75) is 0 Å². The average molecular weight is 272 g/mol. The third kappa shape index (κ3) is 2.20. The van der Waals surface area contributed by atoms with Gasteiger partial charge in [0.1, 0.15) is 5.82 Å². The Morgan fingerprint density at radius 1 is 1.12 bits per heavy atom. The maximum absolute atomic E-state index is 11.6. The lowest BCUT2D eigenvalue weighted by Crippen LogP contribution is -2.30. The average Bonchev–Trinajstić information content (AvgIpc) is 2.21. The van der Waals surface area contributed by atoms with Crippen molar-refractivity contribution in [3.63, 3.8) is 0 Å². The second-order valence-corrected chi connectivity index (χ2v) is 4.11. The highest BCUT2D eigenvalue weighted by Crippen LogP contribution is 2.24. The smallest absolute Gasteiger partial charge is 0.334 e. The maximum Gasteiger partial charge on any atom is 0.334 e. The number of H-pyrrole nitrogens is 1. The fraction of sp³-hybridized carbons (Fsp3) is 0. The van der Waals surface area contributed by atoms with Crippen molar-refractivity contribution in [2.24, 2.45) is 0 Å². The van der Waals surface area contributed by atoms with E-state index in [9.17, 15) is 9.59 Å². The molecule has 0 aliphatic heterocycles. The second-order valence-electron chi connectivity index (χ2n) is 3.30. The first-order valence-corrected chi connectivity index (χ1v) is 5.32. The van der Waals surface area contributed by atoms with Crippen LogP contribution in [-0.2, 0) is 0 Å². The van der Waals surface area contributed by atoms with Crippen LogP contribution in [0.2, 0.25) is 10.0 Å². The van der Waals surface area contributed by atoms with E-state index in [1.807, 2.05) is 0 Å². The van der Waals surface area contributed by atoms with Gasteiger partial charge in [0.05, 0.1) is 15.7 Å². The Balaban J connectivity index is 2.73. The van der Waals surface area contributed by atoms with E-state index in [-0.39, 0.29) is 5.82 Å². The molecule has 2 rings (SSSR count). The molecule has 88 valence electrons. The van der Waals surface area contributed by atoms with Gasteiger partial charge in [-0.1, -0.05) is 23.2 Å². The summed E-state index contributed by atoms with van der Waals surface area (Å²) in [6, 6.07) is 5.71. The van der Waals surface area contributed by atoms with Crippen LogP contribution in [0.15, 0.2) is 33.9 Å². The van der Waals surface area contributed by atoms with Gasteiger partial charge in [0.2, 0.25) is 0 Å². The van der Waals surface area contributed by atoms with Crippen LogP contribution in [0.5, 0.6) is 0 Å². The third-order valence-electron chi connectivity index (χ3n) is 2.13. The summed E-state index contributed by atoms with van der Waals surface area (Å²) in [4.78, 5) is 24.7. The van der Waals surface area contributed by atoms with Crippen LogP contribution >= 0.6 is 23.2 Å². The SMILES string of the molecule is Nc1cc(=O)[nH]c(=O)n1-c1ccc(Cl)c(Cl)c1. The highest BCUT2D eigenvalue weighted by atomic mass is 35.5. The fourth-order valence-corrected chi connectivity index (χ4v) is 1.70. The van der Waals surface area contributed by atoms with Crippen LogP contribution in [0.4, 0.5) is 5.82 Å². The molecule has 1 aromatic carbocycles. The maximum atomic E-state index is 11.6. The summed E-state index contributed by atoms with van der Waals surface area (Å²) in [6.07, 6.45) is 0. The van der Waals surface area contributed by atoms with Crippen molar-refractivity contribution < 1.29 is 0 Å². The zero-order valence-electron chi connectivity index (χ0n) is 8.41. The number of aromatic nitrogens is 2. The zero-order valence-corrected chi connectivity index (χ0v) is 9.92. The van der Waals surface area contributed by atoms with E-state index >= 15 is 0 Å². The van der Waals surface area contributed by atoms with Crippen molar-refractivity contribution in [3.8, 4) is 5.69 Å². The number of nitrogens with one attached hydrogen (secondary N) is 1. The van der Waals surface area contributed by atoms with Crippen LogP contribution in [0.3, 0.4) is 0 Å². The van der Waals surface area contributed by atoms with Crippen molar-refractivity contribution in [1.82, 2.24) is 9.55 Å². The highest BCUT2D eigenvalue weighted by molar-refractivity contribution is 6.42. The second kappa shape index (κ2) is 4.27. The zero-order chi connectivity index (χ0) is 12.6. The molecular weight excluding hydrogens is 265 g/mol. The molecule has 0 saturated heterocycles. The largest absolute Gasteiger partial charge is 0.385 e. The van der Waals surface area contributed by atoms with E-state index in [1.54, 1.807) is 6.07 Å². The normalized spacial score (nSPS) is 10.5. The molecule has 3 N–H and O–H groups in total. The molecule has 0 saturated carbocycles. The van der Waals surface area contributed by atoms with Crippen LogP contribution in [0.1, 0.15) is 0 Å². The molecule has 2 aromatic rings. The van der Waals surface area contributed by atoms with E-state index in [2.05, 4.69) is 4.98 Å². The molecule has 0 spiro atoms. The molecule has 7 heteroatoms. The quantitative estimate of drug-likeness (QED) is 0.823.